The van der Waals surface area contributed by atoms with Crippen molar-refractivity contribution >= 4 is 21.4 Å². The lowest BCUT2D eigenvalue weighted by atomic mass is 10.1. The summed E-state index contributed by atoms with van der Waals surface area (Å²) < 4.78 is 26.9. The zero-order valence-corrected chi connectivity index (χ0v) is 11.8. The number of para-hydroxylation sites is 1. The third-order valence-electron chi connectivity index (χ3n) is 3.43. The van der Waals surface area contributed by atoms with Gasteiger partial charge in [0.25, 0.3) is 10.0 Å². The molecule has 0 saturated heterocycles. The van der Waals surface area contributed by atoms with Crippen LogP contribution in [0.3, 0.4) is 0 Å². The molecule has 1 aliphatic rings. The van der Waals surface area contributed by atoms with Crippen LogP contribution in [-0.4, -0.2) is 19.4 Å². The summed E-state index contributed by atoms with van der Waals surface area (Å²) in [5, 5.41) is 0.0234. The maximum atomic E-state index is 12.7. The maximum Gasteiger partial charge on any atom is 0.282 e. The van der Waals surface area contributed by atoms with Gasteiger partial charge in [0.2, 0.25) is 0 Å². The monoisotopic (exact) mass is 289 g/mol. The van der Waals surface area contributed by atoms with E-state index in [1.165, 1.54) is 16.6 Å². The van der Waals surface area contributed by atoms with Gasteiger partial charge in [0.1, 0.15) is 0 Å². The van der Waals surface area contributed by atoms with Crippen LogP contribution in [0.2, 0.25) is 0 Å². The van der Waals surface area contributed by atoms with Crippen molar-refractivity contribution in [3.63, 3.8) is 0 Å². The summed E-state index contributed by atoms with van der Waals surface area (Å²) in [6.45, 7) is 1.90. The van der Waals surface area contributed by atoms with Gasteiger partial charge in [-0.15, -0.1) is 0 Å². The van der Waals surface area contributed by atoms with Gasteiger partial charge in [0.05, 0.1) is 17.6 Å². The molecule has 0 saturated carbocycles. The van der Waals surface area contributed by atoms with E-state index in [1.807, 2.05) is 31.2 Å². The van der Waals surface area contributed by atoms with E-state index in [2.05, 4.69) is 4.98 Å². The van der Waals surface area contributed by atoms with Gasteiger partial charge in [-0.3, -0.25) is 4.31 Å². The number of hydrogen-bond donors (Lipinski definition) is 1. The van der Waals surface area contributed by atoms with E-state index in [-0.39, 0.29) is 11.1 Å². The molecule has 3 rings (SSSR count). The summed E-state index contributed by atoms with van der Waals surface area (Å²) in [7, 11) is -3.65. The van der Waals surface area contributed by atoms with Gasteiger partial charge in [-0.2, -0.15) is 8.42 Å². The Balaban J connectivity index is 2.10. The zero-order chi connectivity index (χ0) is 14.3. The van der Waals surface area contributed by atoms with Crippen LogP contribution in [0.4, 0.5) is 11.4 Å². The van der Waals surface area contributed by atoms with Crippen molar-refractivity contribution in [2.24, 2.45) is 0 Å². The molecule has 1 aromatic heterocycles. The number of aromatic nitrogens is 1. The van der Waals surface area contributed by atoms with Crippen molar-refractivity contribution in [3.8, 4) is 0 Å². The number of nitrogens with zero attached hydrogens (tertiary/aromatic N) is 2. The number of sulfonamides is 1. The summed E-state index contributed by atoms with van der Waals surface area (Å²) in [5.41, 5.74) is 7.78. The molecule has 1 aromatic carbocycles. The molecule has 1 unspecified atom stereocenters. The fourth-order valence-electron chi connectivity index (χ4n) is 2.55. The predicted molar refractivity (Wildman–Crippen MR) is 77.9 cm³/mol. The standard InChI is InChI=1S/C14H15N3O2S/c1-10-8-11-4-2-3-5-13(11)17(10)20(18,19)14-7-6-12(15)9-16-14/h2-7,9-10H,8,15H2,1H3. The van der Waals surface area contributed by atoms with E-state index in [4.69, 9.17) is 5.73 Å². The fourth-order valence-corrected chi connectivity index (χ4v) is 4.16. The summed E-state index contributed by atoms with van der Waals surface area (Å²) in [6, 6.07) is 10.4. The molecule has 6 heteroatoms. The van der Waals surface area contributed by atoms with Crippen LogP contribution < -0.4 is 10.0 Å². The number of pyridine rings is 1. The summed E-state index contributed by atoms with van der Waals surface area (Å²) in [4.78, 5) is 3.95. The quantitative estimate of drug-likeness (QED) is 0.914. The van der Waals surface area contributed by atoms with E-state index >= 15 is 0 Å². The van der Waals surface area contributed by atoms with Gasteiger partial charge < -0.3 is 5.73 Å². The van der Waals surface area contributed by atoms with Crippen LogP contribution in [0.15, 0.2) is 47.6 Å². The molecule has 5 nitrogen and oxygen atoms in total. The van der Waals surface area contributed by atoms with Gasteiger partial charge in [-0.05, 0) is 37.1 Å². The molecule has 104 valence electrons. The number of rotatable bonds is 2. The lowest BCUT2D eigenvalue weighted by Crippen LogP contribution is -2.36. The molecule has 0 aliphatic carbocycles. The van der Waals surface area contributed by atoms with Gasteiger partial charge in [0, 0.05) is 6.04 Å². The highest BCUT2D eigenvalue weighted by molar-refractivity contribution is 7.92. The predicted octanol–water partition coefficient (Wildman–Crippen LogP) is 1.80. The van der Waals surface area contributed by atoms with Crippen molar-refractivity contribution < 1.29 is 8.42 Å². The van der Waals surface area contributed by atoms with Gasteiger partial charge in [-0.25, -0.2) is 4.98 Å². The number of anilines is 2. The molecule has 0 bridgehead atoms. The summed E-state index contributed by atoms with van der Waals surface area (Å²) in [6.07, 6.45) is 2.07. The Bertz CT molecular complexity index is 741. The first-order valence-corrected chi connectivity index (χ1v) is 7.78. The fraction of sp³-hybridized carbons (Fsp3) is 0.214. The molecule has 0 spiro atoms. The Morgan fingerprint density at radius 3 is 2.70 bits per heavy atom. The molecule has 0 fully saturated rings. The number of nitrogens with two attached hydrogens (primary N) is 1. The second-order valence-electron chi connectivity index (χ2n) is 4.91. The minimum absolute atomic E-state index is 0.0234. The van der Waals surface area contributed by atoms with Gasteiger partial charge >= 0.3 is 0 Å². The van der Waals surface area contributed by atoms with E-state index in [9.17, 15) is 8.42 Å². The zero-order valence-electron chi connectivity index (χ0n) is 11.0. The molecule has 2 aromatic rings. The van der Waals surface area contributed by atoms with Crippen molar-refractivity contribution in [2.75, 3.05) is 10.0 Å². The maximum absolute atomic E-state index is 12.7. The SMILES string of the molecule is CC1Cc2ccccc2N1S(=O)(=O)c1ccc(N)cn1. The average molecular weight is 289 g/mol. The Morgan fingerprint density at radius 1 is 1.25 bits per heavy atom. The highest BCUT2D eigenvalue weighted by Gasteiger charge is 2.36. The second-order valence-corrected chi connectivity index (χ2v) is 6.67. The van der Waals surface area contributed by atoms with E-state index in [0.717, 1.165) is 11.3 Å². The highest BCUT2D eigenvalue weighted by atomic mass is 32.2. The van der Waals surface area contributed by atoms with Crippen LogP contribution in [0, 0.1) is 0 Å². The summed E-state index contributed by atoms with van der Waals surface area (Å²) in [5.74, 6) is 0. The third kappa shape index (κ3) is 1.92. The van der Waals surface area contributed by atoms with Gasteiger partial charge in [0.15, 0.2) is 5.03 Å². The van der Waals surface area contributed by atoms with Crippen LogP contribution in [-0.2, 0) is 16.4 Å². The number of fused-ring (bicyclic) bond motifs is 1. The van der Waals surface area contributed by atoms with Crippen LogP contribution >= 0.6 is 0 Å². The molecule has 20 heavy (non-hydrogen) atoms. The van der Waals surface area contributed by atoms with Crippen molar-refractivity contribution in [2.45, 2.75) is 24.4 Å². The third-order valence-corrected chi connectivity index (χ3v) is 5.27. The highest BCUT2D eigenvalue weighted by Crippen LogP contribution is 2.35. The molecule has 2 N–H and O–H groups in total. The first kappa shape index (κ1) is 12.9. The number of benzene rings is 1. The van der Waals surface area contributed by atoms with Crippen LogP contribution in [0.1, 0.15) is 12.5 Å². The van der Waals surface area contributed by atoms with Crippen molar-refractivity contribution in [1.82, 2.24) is 4.98 Å². The molecule has 0 radical (unpaired) electrons. The summed E-state index contributed by atoms with van der Waals surface area (Å²) >= 11 is 0. The second kappa shape index (κ2) is 4.49. The molecule has 2 heterocycles. The Labute approximate surface area is 118 Å². The Hall–Kier alpha value is -2.08. The molecule has 0 amide bonds. The largest absolute Gasteiger partial charge is 0.397 e. The first-order valence-electron chi connectivity index (χ1n) is 6.34. The average Bonchev–Trinajstić information content (AvgIpc) is 2.75. The first-order chi connectivity index (χ1) is 9.50. The lowest BCUT2D eigenvalue weighted by Gasteiger charge is -2.23. The molecular weight excluding hydrogens is 274 g/mol. The minimum atomic E-state index is -3.65. The normalized spacial score (nSPS) is 18.1. The smallest absolute Gasteiger partial charge is 0.282 e. The van der Waals surface area contributed by atoms with E-state index in [0.29, 0.717) is 12.1 Å². The Morgan fingerprint density at radius 2 is 2.00 bits per heavy atom. The number of hydrogen-bond acceptors (Lipinski definition) is 4. The lowest BCUT2D eigenvalue weighted by molar-refractivity contribution is 0.580. The Kier molecular flexibility index (Phi) is 2.90. The molecular formula is C14H15N3O2S. The van der Waals surface area contributed by atoms with Crippen LogP contribution in [0.25, 0.3) is 0 Å². The van der Waals surface area contributed by atoms with Crippen molar-refractivity contribution in [1.29, 1.82) is 0 Å². The minimum Gasteiger partial charge on any atom is -0.397 e. The van der Waals surface area contributed by atoms with E-state index in [1.54, 1.807) is 6.07 Å². The van der Waals surface area contributed by atoms with Gasteiger partial charge in [-0.1, -0.05) is 18.2 Å². The number of nitrogen functional groups attached to an aromatic ring is 1. The molecule has 1 atom stereocenters. The van der Waals surface area contributed by atoms with Crippen molar-refractivity contribution in [3.05, 3.63) is 48.2 Å². The molecule has 1 aliphatic heterocycles. The topological polar surface area (TPSA) is 76.3 Å². The van der Waals surface area contributed by atoms with Crippen LogP contribution in [0.5, 0.6) is 0 Å². The van der Waals surface area contributed by atoms with E-state index < -0.39 is 10.0 Å².